The van der Waals surface area contributed by atoms with Crippen molar-refractivity contribution in [3.05, 3.63) is 12.1 Å². The first kappa shape index (κ1) is 12.9. The molecule has 0 aliphatic carbocycles. The Bertz CT molecular complexity index is 322. The van der Waals surface area contributed by atoms with Crippen LogP contribution in [-0.4, -0.2) is 34.7 Å². The molecule has 0 amide bonds. The number of nitrogens with two attached hydrogens (primary N) is 2. The van der Waals surface area contributed by atoms with Gasteiger partial charge in [0.05, 0.1) is 5.69 Å². The molecule has 0 aliphatic rings. The number of nitrogen functional groups attached to an aromatic ring is 2. The highest BCUT2D eigenvalue weighted by Gasteiger charge is 1.98. The van der Waals surface area contributed by atoms with Gasteiger partial charge >= 0.3 is 0 Å². The highest BCUT2D eigenvalue weighted by atomic mass is 32.2. The molecule has 0 saturated carbocycles. The van der Waals surface area contributed by atoms with Gasteiger partial charge in [0.1, 0.15) is 11.6 Å². The van der Waals surface area contributed by atoms with Crippen molar-refractivity contribution in [1.82, 2.24) is 4.98 Å². The van der Waals surface area contributed by atoms with E-state index in [1.807, 2.05) is 6.07 Å². The van der Waals surface area contributed by atoms with Crippen LogP contribution in [0.5, 0.6) is 0 Å². The maximum absolute atomic E-state index is 8.59. The average molecular weight is 242 g/mol. The van der Waals surface area contributed by atoms with Crippen LogP contribution in [0.15, 0.2) is 12.1 Å². The van der Waals surface area contributed by atoms with E-state index in [-0.39, 0.29) is 6.61 Å². The summed E-state index contributed by atoms with van der Waals surface area (Å²) >= 11 is 1.80. The van der Waals surface area contributed by atoms with Gasteiger partial charge in [-0.2, -0.15) is 11.8 Å². The minimum atomic E-state index is 0.260. The lowest BCUT2D eigenvalue weighted by Gasteiger charge is -2.06. The smallest absolute Gasteiger partial charge is 0.149 e. The third-order valence-electron chi connectivity index (χ3n) is 1.96. The van der Waals surface area contributed by atoms with Crippen LogP contribution in [0.4, 0.5) is 17.3 Å². The fraction of sp³-hybridized carbons (Fsp3) is 0.500. The lowest BCUT2D eigenvalue weighted by Crippen LogP contribution is -2.08. The summed E-state index contributed by atoms with van der Waals surface area (Å²) in [5, 5.41) is 11.8. The molecule has 1 aromatic heterocycles. The molecule has 0 unspecified atom stereocenters. The molecule has 1 heterocycles. The maximum Gasteiger partial charge on any atom is 0.149 e. The minimum Gasteiger partial charge on any atom is -0.396 e. The van der Waals surface area contributed by atoms with Crippen molar-refractivity contribution in [2.24, 2.45) is 0 Å². The number of hydrogen-bond donors (Lipinski definition) is 4. The Hall–Kier alpha value is -1.14. The molecular formula is C10H18N4OS. The lowest BCUT2D eigenvalue weighted by atomic mass is 10.4. The Morgan fingerprint density at radius 3 is 2.81 bits per heavy atom. The molecule has 0 fully saturated rings. The van der Waals surface area contributed by atoms with Crippen LogP contribution in [-0.2, 0) is 0 Å². The first-order valence-electron chi connectivity index (χ1n) is 5.18. The van der Waals surface area contributed by atoms with Gasteiger partial charge in [-0.05, 0) is 24.3 Å². The summed E-state index contributed by atoms with van der Waals surface area (Å²) in [6.07, 6.45) is 0.845. The number of hydrogen-bond acceptors (Lipinski definition) is 6. The van der Waals surface area contributed by atoms with Crippen molar-refractivity contribution in [1.29, 1.82) is 0 Å². The number of aliphatic hydroxyl groups is 1. The molecule has 0 bridgehead atoms. The number of pyridine rings is 1. The molecule has 0 saturated heterocycles. The number of aliphatic hydroxyl groups excluding tert-OH is 1. The van der Waals surface area contributed by atoms with Gasteiger partial charge < -0.3 is 21.9 Å². The van der Waals surface area contributed by atoms with E-state index in [9.17, 15) is 0 Å². The van der Waals surface area contributed by atoms with E-state index in [1.54, 1.807) is 17.8 Å². The molecule has 0 aromatic carbocycles. The van der Waals surface area contributed by atoms with Crippen LogP contribution in [0.2, 0.25) is 0 Å². The number of thioether (sulfide) groups is 1. The summed E-state index contributed by atoms with van der Waals surface area (Å²) in [5.74, 6) is 3.06. The highest BCUT2D eigenvalue weighted by Crippen LogP contribution is 2.14. The molecule has 6 N–H and O–H groups in total. The molecule has 1 rings (SSSR count). The van der Waals surface area contributed by atoms with Crippen LogP contribution in [0.1, 0.15) is 6.42 Å². The zero-order valence-corrected chi connectivity index (χ0v) is 9.96. The van der Waals surface area contributed by atoms with Crippen molar-refractivity contribution in [2.75, 3.05) is 41.4 Å². The van der Waals surface area contributed by atoms with E-state index in [2.05, 4.69) is 10.3 Å². The van der Waals surface area contributed by atoms with Crippen LogP contribution in [0, 0.1) is 0 Å². The molecule has 5 nitrogen and oxygen atoms in total. The van der Waals surface area contributed by atoms with Crippen molar-refractivity contribution in [2.45, 2.75) is 6.42 Å². The molecule has 0 atom stereocenters. The van der Waals surface area contributed by atoms with Gasteiger partial charge in [-0.15, -0.1) is 0 Å². The molecule has 0 radical (unpaired) electrons. The first-order valence-corrected chi connectivity index (χ1v) is 6.34. The zero-order valence-electron chi connectivity index (χ0n) is 9.15. The van der Waals surface area contributed by atoms with Gasteiger partial charge in [0.2, 0.25) is 0 Å². The van der Waals surface area contributed by atoms with Gasteiger partial charge in [-0.3, -0.25) is 0 Å². The Kier molecular flexibility index (Phi) is 5.81. The third-order valence-corrected chi connectivity index (χ3v) is 3.03. The molecule has 6 heteroatoms. The van der Waals surface area contributed by atoms with E-state index in [4.69, 9.17) is 16.6 Å². The molecule has 0 spiro atoms. The lowest BCUT2D eigenvalue weighted by molar-refractivity contribution is 0.296. The summed E-state index contributed by atoms with van der Waals surface area (Å²) in [5.41, 5.74) is 11.6. The van der Waals surface area contributed by atoms with Gasteiger partial charge in [0, 0.05) is 18.9 Å². The van der Waals surface area contributed by atoms with Gasteiger partial charge in [-0.1, -0.05) is 0 Å². The quantitative estimate of drug-likeness (QED) is 0.527. The van der Waals surface area contributed by atoms with Crippen molar-refractivity contribution < 1.29 is 5.11 Å². The summed E-state index contributed by atoms with van der Waals surface area (Å²) in [4.78, 5) is 4.10. The third kappa shape index (κ3) is 4.59. The van der Waals surface area contributed by atoms with Crippen molar-refractivity contribution in [3.63, 3.8) is 0 Å². The van der Waals surface area contributed by atoms with Gasteiger partial charge in [0.25, 0.3) is 0 Å². The Balaban J connectivity index is 2.19. The predicted molar refractivity (Wildman–Crippen MR) is 70.6 cm³/mol. The van der Waals surface area contributed by atoms with Gasteiger partial charge in [-0.25, -0.2) is 4.98 Å². The molecule has 0 aliphatic heterocycles. The summed E-state index contributed by atoms with van der Waals surface area (Å²) in [7, 11) is 0. The summed E-state index contributed by atoms with van der Waals surface area (Å²) in [6, 6.07) is 3.55. The zero-order chi connectivity index (χ0) is 11.8. The Morgan fingerprint density at radius 2 is 2.12 bits per heavy atom. The fourth-order valence-corrected chi connectivity index (χ4v) is 1.89. The second-order valence-corrected chi connectivity index (χ2v) is 4.51. The van der Waals surface area contributed by atoms with E-state index in [1.165, 1.54) is 0 Å². The monoisotopic (exact) mass is 242 g/mol. The Labute approximate surface area is 99.6 Å². The first-order chi connectivity index (χ1) is 7.74. The largest absolute Gasteiger partial charge is 0.396 e. The fourth-order valence-electron chi connectivity index (χ4n) is 1.10. The second kappa shape index (κ2) is 7.19. The summed E-state index contributed by atoms with van der Waals surface area (Å²) in [6.45, 7) is 1.09. The second-order valence-electron chi connectivity index (χ2n) is 3.29. The standard InChI is InChI=1S/C10H18N4OS/c11-8-2-3-9(14-10(8)12)13-4-7-16-6-1-5-15/h2-3,15H,1,4-7,11H2,(H3,12,13,14). The van der Waals surface area contributed by atoms with Crippen LogP contribution in [0.3, 0.4) is 0 Å². The number of nitrogens with zero attached hydrogens (tertiary/aromatic N) is 1. The van der Waals surface area contributed by atoms with Crippen LogP contribution >= 0.6 is 11.8 Å². The number of rotatable bonds is 7. The molecular weight excluding hydrogens is 224 g/mol. The SMILES string of the molecule is Nc1ccc(NCCSCCCO)nc1N. The molecule has 90 valence electrons. The molecule has 1 aromatic rings. The maximum atomic E-state index is 8.59. The number of nitrogens with one attached hydrogen (secondary N) is 1. The van der Waals surface area contributed by atoms with Crippen molar-refractivity contribution in [3.8, 4) is 0 Å². The molecule has 16 heavy (non-hydrogen) atoms. The number of aromatic nitrogens is 1. The minimum absolute atomic E-state index is 0.260. The Morgan fingerprint density at radius 1 is 1.31 bits per heavy atom. The van der Waals surface area contributed by atoms with E-state index in [0.29, 0.717) is 11.5 Å². The van der Waals surface area contributed by atoms with Crippen LogP contribution in [0.25, 0.3) is 0 Å². The normalized spacial score (nSPS) is 10.3. The van der Waals surface area contributed by atoms with Gasteiger partial charge in [0.15, 0.2) is 0 Å². The van der Waals surface area contributed by atoms with Crippen LogP contribution < -0.4 is 16.8 Å². The van der Waals surface area contributed by atoms with E-state index >= 15 is 0 Å². The van der Waals surface area contributed by atoms with E-state index < -0.39 is 0 Å². The average Bonchev–Trinajstić information content (AvgIpc) is 2.28. The predicted octanol–water partition coefficient (Wildman–Crippen LogP) is 0.773. The number of anilines is 3. The van der Waals surface area contributed by atoms with E-state index in [0.717, 1.165) is 30.3 Å². The topological polar surface area (TPSA) is 97.2 Å². The summed E-state index contributed by atoms with van der Waals surface area (Å²) < 4.78 is 0. The highest BCUT2D eigenvalue weighted by molar-refractivity contribution is 7.99. The van der Waals surface area contributed by atoms with Crippen molar-refractivity contribution >= 4 is 29.1 Å².